The molecule has 4 rings (SSSR count). The molecule has 1 atom stereocenters. The van der Waals surface area contributed by atoms with Crippen LogP contribution in [0.5, 0.6) is 5.75 Å². The minimum absolute atomic E-state index is 0.0223. The van der Waals surface area contributed by atoms with E-state index in [4.69, 9.17) is 9.47 Å². The molecule has 182 valence electrons. The third-order valence-corrected chi connectivity index (χ3v) is 6.83. The number of ether oxygens (including phenoxy) is 2. The SMILES string of the molecule is COc1ccc([C@H](CNC(=O)CCc2c(C)nc3nc(SC)nn3c2C)N2CCOCC2)cc1. The van der Waals surface area contributed by atoms with Gasteiger partial charge in [-0.05, 0) is 49.8 Å². The molecule has 0 spiro atoms. The number of aromatic nitrogens is 4. The van der Waals surface area contributed by atoms with E-state index in [1.165, 1.54) is 11.8 Å². The zero-order chi connectivity index (χ0) is 24.1. The zero-order valence-electron chi connectivity index (χ0n) is 20.2. The summed E-state index contributed by atoms with van der Waals surface area (Å²) < 4.78 is 12.6. The number of nitrogens with zero attached hydrogens (tertiary/aromatic N) is 5. The fourth-order valence-electron chi connectivity index (χ4n) is 4.35. The highest BCUT2D eigenvalue weighted by Crippen LogP contribution is 2.24. The number of amides is 1. The van der Waals surface area contributed by atoms with Crippen LogP contribution in [0.15, 0.2) is 29.4 Å². The predicted octanol–water partition coefficient (Wildman–Crippen LogP) is 2.59. The third kappa shape index (κ3) is 5.51. The van der Waals surface area contributed by atoms with Crippen LogP contribution in [0.4, 0.5) is 0 Å². The number of carbonyl (C=O) groups is 1. The molecular formula is C24H32N6O3S. The normalized spacial score (nSPS) is 15.4. The van der Waals surface area contributed by atoms with Crippen molar-refractivity contribution in [3.8, 4) is 5.75 Å². The van der Waals surface area contributed by atoms with Crippen molar-refractivity contribution in [1.29, 1.82) is 0 Å². The molecule has 0 bridgehead atoms. The zero-order valence-corrected chi connectivity index (χ0v) is 21.0. The maximum Gasteiger partial charge on any atom is 0.253 e. The molecule has 3 aromatic rings. The number of methoxy groups -OCH3 is 1. The lowest BCUT2D eigenvalue weighted by Crippen LogP contribution is -2.43. The minimum atomic E-state index is 0.0223. The molecule has 1 aliphatic rings. The molecule has 1 amide bonds. The van der Waals surface area contributed by atoms with Gasteiger partial charge in [0.1, 0.15) is 5.75 Å². The average molecular weight is 485 g/mol. The molecule has 0 aliphatic carbocycles. The lowest BCUT2D eigenvalue weighted by atomic mass is 10.0. The number of nitrogens with one attached hydrogen (secondary N) is 1. The van der Waals surface area contributed by atoms with Crippen molar-refractivity contribution in [1.82, 2.24) is 29.8 Å². The van der Waals surface area contributed by atoms with Gasteiger partial charge in [0.15, 0.2) is 0 Å². The number of thioether (sulfide) groups is 1. The van der Waals surface area contributed by atoms with Gasteiger partial charge in [-0.3, -0.25) is 9.69 Å². The Bertz CT molecular complexity index is 1130. The minimum Gasteiger partial charge on any atom is -0.497 e. The van der Waals surface area contributed by atoms with Gasteiger partial charge in [0.2, 0.25) is 11.1 Å². The second-order valence-corrected chi connectivity index (χ2v) is 9.09. The molecule has 10 heteroatoms. The van der Waals surface area contributed by atoms with Crippen molar-refractivity contribution in [3.63, 3.8) is 0 Å². The third-order valence-electron chi connectivity index (χ3n) is 6.29. The van der Waals surface area contributed by atoms with E-state index in [-0.39, 0.29) is 11.9 Å². The summed E-state index contributed by atoms with van der Waals surface area (Å²) in [6.45, 7) is 7.60. The first-order valence-corrected chi connectivity index (χ1v) is 12.7. The summed E-state index contributed by atoms with van der Waals surface area (Å²) in [6.07, 6.45) is 2.93. The second-order valence-electron chi connectivity index (χ2n) is 8.31. The highest BCUT2D eigenvalue weighted by Gasteiger charge is 2.23. The first-order valence-electron chi connectivity index (χ1n) is 11.5. The van der Waals surface area contributed by atoms with E-state index in [9.17, 15) is 4.79 Å². The van der Waals surface area contributed by atoms with E-state index < -0.39 is 0 Å². The van der Waals surface area contributed by atoms with Crippen LogP contribution in [-0.2, 0) is 16.0 Å². The molecule has 1 saturated heterocycles. The van der Waals surface area contributed by atoms with Crippen LogP contribution in [0.25, 0.3) is 5.78 Å². The largest absolute Gasteiger partial charge is 0.497 e. The maximum atomic E-state index is 12.8. The molecular weight excluding hydrogens is 452 g/mol. The molecule has 3 heterocycles. The Morgan fingerprint density at radius 3 is 2.62 bits per heavy atom. The van der Waals surface area contributed by atoms with Crippen molar-refractivity contribution < 1.29 is 14.3 Å². The Kier molecular flexibility index (Phi) is 8.02. The van der Waals surface area contributed by atoms with E-state index in [2.05, 4.69) is 37.4 Å². The first-order chi connectivity index (χ1) is 16.5. The maximum absolute atomic E-state index is 12.8. The summed E-state index contributed by atoms with van der Waals surface area (Å²) in [4.78, 5) is 24.2. The average Bonchev–Trinajstić information content (AvgIpc) is 3.28. The smallest absolute Gasteiger partial charge is 0.253 e. The van der Waals surface area contributed by atoms with Gasteiger partial charge in [0.05, 0.1) is 26.4 Å². The van der Waals surface area contributed by atoms with Crippen LogP contribution in [0.3, 0.4) is 0 Å². The fourth-order valence-corrected chi connectivity index (χ4v) is 4.68. The summed E-state index contributed by atoms with van der Waals surface area (Å²) >= 11 is 1.49. The predicted molar refractivity (Wildman–Crippen MR) is 131 cm³/mol. The molecule has 1 N–H and O–H groups in total. The van der Waals surface area contributed by atoms with Crippen molar-refractivity contribution >= 4 is 23.4 Å². The Balaban J connectivity index is 1.41. The summed E-state index contributed by atoms with van der Waals surface area (Å²) in [7, 11) is 1.66. The van der Waals surface area contributed by atoms with Crippen molar-refractivity contribution in [3.05, 3.63) is 46.8 Å². The summed E-state index contributed by atoms with van der Waals surface area (Å²) in [5.74, 6) is 1.44. The number of morpholine rings is 1. The van der Waals surface area contributed by atoms with Crippen molar-refractivity contribution in [2.24, 2.45) is 0 Å². The van der Waals surface area contributed by atoms with Gasteiger partial charge in [0, 0.05) is 37.4 Å². The number of benzene rings is 1. The molecule has 0 radical (unpaired) electrons. The van der Waals surface area contributed by atoms with Crippen LogP contribution < -0.4 is 10.1 Å². The van der Waals surface area contributed by atoms with Gasteiger partial charge >= 0.3 is 0 Å². The van der Waals surface area contributed by atoms with E-state index in [1.54, 1.807) is 11.6 Å². The first kappa shape index (κ1) is 24.4. The number of hydrogen-bond donors (Lipinski definition) is 1. The quantitative estimate of drug-likeness (QED) is 0.463. The Labute approximate surface area is 204 Å². The van der Waals surface area contributed by atoms with E-state index in [1.807, 2.05) is 32.2 Å². The molecule has 2 aromatic heterocycles. The van der Waals surface area contributed by atoms with Gasteiger partial charge < -0.3 is 14.8 Å². The number of hydrogen-bond acceptors (Lipinski definition) is 8. The monoisotopic (exact) mass is 484 g/mol. The van der Waals surface area contributed by atoms with E-state index in [0.29, 0.717) is 43.5 Å². The van der Waals surface area contributed by atoms with E-state index in [0.717, 1.165) is 41.4 Å². The second kappa shape index (κ2) is 11.2. The lowest BCUT2D eigenvalue weighted by Gasteiger charge is -2.35. The molecule has 9 nitrogen and oxygen atoms in total. The van der Waals surface area contributed by atoms with Gasteiger partial charge in [0.25, 0.3) is 5.78 Å². The summed E-state index contributed by atoms with van der Waals surface area (Å²) in [5, 5.41) is 8.35. The number of aryl methyl sites for hydroxylation is 2. The number of fused-ring (bicyclic) bond motifs is 1. The topological polar surface area (TPSA) is 93.9 Å². The van der Waals surface area contributed by atoms with Crippen molar-refractivity contribution in [2.45, 2.75) is 37.9 Å². The van der Waals surface area contributed by atoms with Crippen LogP contribution >= 0.6 is 11.8 Å². The fraction of sp³-hybridized carbons (Fsp3) is 0.500. The number of rotatable bonds is 9. The molecule has 1 fully saturated rings. The molecule has 0 saturated carbocycles. The summed E-state index contributed by atoms with van der Waals surface area (Å²) in [6, 6.07) is 8.15. The van der Waals surface area contributed by atoms with Crippen molar-refractivity contribution in [2.75, 3.05) is 46.2 Å². The Morgan fingerprint density at radius 2 is 1.94 bits per heavy atom. The molecule has 34 heavy (non-hydrogen) atoms. The van der Waals surface area contributed by atoms with E-state index >= 15 is 0 Å². The highest BCUT2D eigenvalue weighted by atomic mass is 32.2. The molecule has 1 aromatic carbocycles. The summed E-state index contributed by atoms with van der Waals surface area (Å²) in [5.41, 5.74) is 4.06. The molecule has 0 unspecified atom stereocenters. The van der Waals surface area contributed by atoms with Crippen LogP contribution in [0.1, 0.15) is 35.0 Å². The molecule has 1 aliphatic heterocycles. The van der Waals surface area contributed by atoms with Gasteiger partial charge in [-0.15, -0.1) is 5.10 Å². The van der Waals surface area contributed by atoms with Crippen LogP contribution in [-0.4, -0.2) is 76.6 Å². The standard InChI is InChI=1S/C24H32N6O3S/c1-16-20(17(2)30-23(26-16)27-24(28-30)34-4)9-10-22(31)25-15-21(29-11-13-33-14-12-29)18-5-7-19(32-3)8-6-18/h5-8,21H,9-15H2,1-4H3,(H,25,31)/t21-/m0/s1. The van der Waals surface area contributed by atoms with Gasteiger partial charge in [-0.2, -0.15) is 4.98 Å². The van der Waals surface area contributed by atoms with Gasteiger partial charge in [-0.25, -0.2) is 9.50 Å². The Hall–Kier alpha value is -2.69. The highest BCUT2D eigenvalue weighted by molar-refractivity contribution is 7.98. The number of carbonyl (C=O) groups excluding carboxylic acids is 1. The van der Waals surface area contributed by atoms with Crippen LogP contribution in [0.2, 0.25) is 0 Å². The van der Waals surface area contributed by atoms with Crippen LogP contribution in [0, 0.1) is 13.8 Å². The lowest BCUT2D eigenvalue weighted by molar-refractivity contribution is -0.121. The Morgan fingerprint density at radius 1 is 1.21 bits per heavy atom. The van der Waals surface area contributed by atoms with Gasteiger partial charge in [-0.1, -0.05) is 23.9 Å².